The summed E-state index contributed by atoms with van der Waals surface area (Å²) in [6.07, 6.45) is 17.7. The average Bonchev–Trinajstić information content (AvgIpc) is 3.51. The van der Waals surface area contributed by atoms with Crippen LogP contribution in [0, 0.1) is 56.4 Å². The Bertz CT molecular complexity index is 310. The van der Waals surface area contributed by atoms with E-state index in [0.29, 0.717) is 0 Å². The van der Waals surface area contributed by atoms with Gasteiger partial charge in [-0.1, -0.05) is 63.6 Å². The van der Waals surface area contributed by atoms with Crippen LogP contribution in [0.2, 0.25) is 39.3 Å². The molecule has 6 heteroatoms. The van der Waals surface area contributed by atoms with Crippen molar-refractivity contribution in [3.8, 4) is 0 Å². The van der Waals surface area contributed by atoms with Crippen LogP contribution in [0.25, 0.3) is 0 Å². The maximum atomic E-state index is 4.94. The van der Waals surface area contributed by atoms with Crippen molar-refractivity contribution in [2.24, 2.45) is 0 Å². The maximum absolute atomic E-state index is 4.94. The monoisotopic (exact) mass is 630 g/mol. The van der Waals surface area contributed by atoms with Crippen LogP contribution >= 0.6 is 0 Å². The molecule has 0 aromatic carbocycles. The summed E-state index contributed by atoms with van der Waals surface area (Å²) >= 11 is 0. The third-order valence-electron chi connectivity index (χ3n) is 3.04. The molecule has 0 atom stereocenters. The van der Waals surface area contributed by atoms with Crippen molar-refractivity contribution in [3.05, 3.63) is 43.8 Å². The molecule has 0 spiro atoms. The molecule has 0 amide bonds. The van der Waals surface area contributed by atoms with Crippen LogP contribution in [-0.4, -0.2) is 55.8 Å². The Balaban J connectivity index is -0.000000302. The third kappa shape index (κ3) is 59.1. The molecule has 0 saturated carbocycles. The van der Waals surface area contributed by atoms with Gasteiger partial charge in [0.1, 0.15) is 0 Å². The Morgan fingerprint density at radius 3 is 0.742 bits per heavy atom. The molecule has 0 N–H and O–H groups in total. The van der Waals surface area contributed by atoms with E-state index in [9.17, 15) is 0 Å². The molecular weight excluding hydrogens is 579 g/mol. The van der Waals surface area contributed by atoms with Gasteiger partial charge in [-0.2, -0.15) is 0 Å². The molecule has 0 bridgehead atoms. The molecule has 31 heavy (non-hydrogen) atoms. The van der Waals surface area contributed by atoms with Crippen LogP contribution in [0.4, 0.5) is 0 Å². The number of ether oxygens (including phenoxy) is 3. The maximum Gasteiger partial charge on any atom is 0.0466 e. The molecule has 4 rings (SSSR count). The molecule has 3 aliphatic heterocycles. The molecule has 0 aromatic heterocycles. The fourth-order valence-corrected chi connectivity index (χ4v) is 1.85. The largest absolute Gasteiger partial charge is 0.381 e. The van der Waals surface area contributed by atoms with Crippen LogP contribution in [0.1, 0.15) is 38.5 Å². The molecule has 3 heterocycles. The summed E-state index contributed by atoms with van der Waals surface area (Å²) in [6, 6.07) is 0. The summed E-state index contributed by atoms with van der Waals surface area (Å²) < 4.78 is 14.8. The van der Waals surface area contributed by atoms with Gasteiger partial charge >= 0.3 is 0 Å². The van der Waals surface area contributed by atoms with E-state index in [1.54, 1.807) is 0 Å². The fraction of sp³-hybridized carbons (Fsp3) is 0.720. The van der Waals surface area contributed by atoms with Gasteiger partial charge in [-0.15, -0.1) is 16.1 Å². The topological polar surface area (TPSA) is 27.7 Å². The number of hydrogen-bond donors (Lipinski definition) is 0. The number of hydrogen-bond acceptors (Lipinski definition) is 3. The van der Waals surface area contributed by atoms with Gasteiger partial charge in [0.05, 0.1) is 0 Å². The zero-order chi connectivity index (χ0) is 23.1. The van der Waals surface area contributed by atoms with E-state index in [1.165, 1.54) is 38.5 Å². The van der Waals surface area contributed by atoms with E-state index in [-0.39, 0.29) is 36.9 Å². The summed E-state index contributed by atoms with van der Waals surface area (Å²) in [5, 5.41) is 0. The predicted octanol–water partition coefficient (Wildman–Crippen LogP) is 7.10. The molecule has 1 aliphatic carbocycles. The minimum atomic E-state index is -0.861. The van der Waals surface area contributed by atoms with Crippen LogP contribution in [-0.2, 0) is 14.2 Å². The summed E-state index contributed by atoms with van der Waals surface area (Å²) in [5.41, 5.74) is 0. The first kappa shape index (κ1) is 36.6. The van der Waals surface area contributed by atoms with Crippen molar-refractivity contribution in [1.29, 1.82) is 0 Å². The Morgan fingerprint density at radius 1 is 0.484 bits per heavy atom. The molecule has 194 valence electrons. The van der Waals surface area contributed by atoms with Crippen LogP contribution in [0.3, 0.4) is 0 Å². The van der Waals surface area contributed by atoms with Gasteiger partial charge in [0, 0.05) is 82.9 Å². The van der Waals surface area contributed by atoms with Gasteiger partial charge < -0.3 is 27.3 Å². The zero-order valence-corrected chi connectivity index (χ0v) is 24.9. The Morgan fingerprint density at radius 2 is 0.677 bits per heavy atom. The molecule has 3 fully saturated rings. The Hall–Kier alpha value is 1.03. The van der Waals surface area contributed by atoms with Crippen molar-refractivity contribution in [2.45, 2.75) is 77.8 Å². The molecule has 3 nitrogen and oxygen atoms in total. The van der Waals surface area contributed by atoms with Crippen molar-refractivity contribution in [1.82, 2.24) is 0 Å². The van der Waals surface area contributed by atoms with E-state index in [1.807, 2.05) is 30.7 Å². The van der Waals surface area contributed by atoms with Crippen molar-refractivity contribution in [3.63, 3.8) is 0 Å². The average molecular weight is 631 g/mol. The number of rotatable bonds is 0. The molecule has 0 unspecified atom stereocenters. The Labute approximate surface area is 227 Å². The first-order chi connectivity index (χ1) is 14.0. The molecule has 0 aromatic rings. The van der Waals surface area contributed by atoms with E-state index < -0.39 is 16.1 Å². The summed E-state index contributed by atoms with van der Waals surface area (Å²) in [5.74, 6) is 0. The van der Waals surface area contributed by atoms with Crippen LogP contribution in [0.15, 0.2) is 24.3 Å². The number of allylic oxidation sites excluding steroid dienone is 4. The fourth-order valence-electron chi connectivity index (χ4n) is 1.85. The molecule has 3 saturated heterocycles. The van der Waals surface area contributed by atoms with Gasteiger partial charge in [0.2, 0.25) is 0 Å². The summed E-state index contributed by atoms with van der Waals surface area (Å²) in [4.78, 5) is 0. The first-order valence-electron chi connectivity index (χ1n) is 11.6. The smallest absolute Gasteiger partial charge is 0.0466 e. The second-order valence-electron chi connectivity index (χ2n) is 10.0. The van der Waals surface area contributed by atoms with E-state index in [4.69, 9.17) is 14.2 Å². The van der Waals surface area contributed by atoms with Crippen molar-refractivity contribution >= 4 is 16.1 Å². The van der Waals surface area contributed by atoms with Gasteiger partial charge in [-0.25, -0.2) is 0 Å². The SMILES string of the molecule is C1CCOC1.C1CCOC1.C1CCOC1.[CH2-][Si](C)(C)C.[CH2-][Si](C)(C)C.[CH]1C=CC=C1.[Lu]. The molecule has 2 radical (unpaired) electrons. The van der Waals surface area contributed by atoms with Crippen molar-refractivity contribution < 1.29 is 51.1 Å². The summed E-state index contributed by atoms with van der Waals surface area (Å²) in [6.45, 7) is 27.1. The standard InChI is InChI=1S/C5H5.3C4H8O.2C4H11Si.Lu/c4*1-2-4-5-3-1;2*1-5(2,3)4;/h1-5H;3*1-4H2;2*1H2,2-4H3;/q;;;;2*-1;. The third-order valence-corrected chi connectivity index (χ3v) is 3.04. The quantitative estimate of drug-likeness (QED) is 0.211. The Kier molecular flexibility index (Phi) is 30.3. The molecule has 4 aliphatic rings. The zero-order valence-electron chi connectivity index (χ0n) is 21.3. The summed E-state index contributed by atoms with van der Waals surface area (Å²) in [7, 11) is -1.72. The van der Waals surface area contributed by atoms with Crippen molar-refractivity contribution in [2.75, 3.05) is 39.6 Å². The first-order valence-corrected chi connectivity index (χ1v) is 19.0. The predicted molar refractivity (Wildman–Crippen MR) is 140 cm³/mol. The second-order valence-corrected chi connectivity index (χ2v) is 20.3. The molecular formula is C25H51LuO3Si2-2. The van der Waals surface area contributed by atoms with Gasteiger partial charge in [-0.05, 0) is 38.5 Å². The van der Waals surface area contributed by atoms with E-state index in [2.05, 4.69) is 52.4 Å². The minimum Gasteiger partial charge on any atom is -0.381 e. The van der Waals surface area contributed by atoms with Crippen LogP contribution in [0.5, 0.6) is 0 Å². The van der Waals surface area contributed by atoms with Gasteiger partial charge in [0.25, 0.3) is 0 Å². The van der Waals surface area contributed by atoms with Gasteiger partial charge in [-0.3, -0.25) is 0 Å². The normalized spacial score (nSPS) is 18.3. The second kappa shape index (κ2) is 25.6. The van der Waals surface area contributed by atoms with E-state index in [0.717, 1.165) is 39.6 Å². The minimum absolute atomic E-state index is 0. The van der Waals surface area contributed by atoms with E-state index >= 15 is 0 Å². The van der Waals surface area contributed by atoms with Crippen LogP contribution < -0.4 is 0 Å². The van der Waals surface area contributed by atoms with Gasteiger partial charge in [0.15, 0.2) is 0 Å².